The average Bonchev–Trinajstić information content (AvgIpc) is 3.03. The molecule has 4 heterocycles. The average molecular weight is 361 g/mol. The largest absolute Gasteiger partial charge is 0.381 e. The fourth-order valence-electron chi connectivity index (χ4n) is 4.52. The molecule has 0 saturated carbocycles. The molecule has 4 rings (SSSR count). The van der Waals surface area contributed by atoms with Crippen LogP contribution in [0.1, 0.15) is 25.0 Å². The molecule has 0 unspecified atom stereocenters. The molecule has 1 aromatic heterocycles. The van der Waals surface area contributed by atoms with Crippen molar-refractivity contribution in [3.8, 4) is 0 Å². The fourth-order valence-corrected chi connectivity index (χ4v) is 4.52. The molecule has 1 atom stereocenters. The number of morpholine rings is 1. The maximum atomic E-state index is 12.8. The molecule has 0 N–H and O–H groups in total. The summed E-state index contributed by atoms with van der Waals surface area (Å²) >= 11 is 0. The van der Waals surface area contributed by atoms with Gasteiger partial charge in [0.05, 0.1) is 13.2 Å². The van der Waals surface area contributed by atoms with Crippen molar-refractivity contribution in [3.05, 3.63) is 24.0 Å². The fraction of sp³-hybridized carbons (Fsp3) is 0.750. The number of rotatable bonds is 4. The lowest BCUT2D eigenvalue weighted by atomic mass is 9.98. The lowest BCUT2D eigenvalue weighted by Crippen LogP contribution is -2.42. The molecule has 0 radical (unpaired) electrons. The predicted octanol–water partition coefficient (Wildman–Crippen LogP) is 1.60. The van der Waals surface area contributed by atoms with Crippen molar-refractivity contribution in [2.75, 3.05) is 52.6 Å². The normalized spacial score (nSPS) is 25.7. The molecule has 3 aliphatic heterocycles. The van der Waals surface area contributed by atoms with Crippen LogP contribution in [-0.4, -0.2) is 72.9 Å². The SMILES string of the molecule is O=C(C[C@H]1CN(CC2CCOCC2)Cc2cccn2C1)N1CCOCC1. The van der Waals surface area contributed by atoms with Crippen molar-refractivity contribution in [3.63, 3.8) is 0 Å². The second-order valence-electron chi connectivity index (χ2n) is 7.97. The van der Waals surface area contributed by atoms with Crippen molar-refractivity contribution in [2.45, 2.75) is 32.4 Å². The Bertz CT molecular complexity index is 591. The Hall–Kier alpha value is -1.37. The highest BCUT2D eigenvalue weighted by atomic mass is 16.5. The van der Waals surface area contributed by atoms with Crippen LogP contribution in [0.15, 0.2) is 18.3 Å². The van der Waals surface area contributed by atoms with Gasteiger partial charge in [-0.15, -0.1) is 0 Å². The number of aromatic nitrogens is 1. The predicted molar refractivity (Wildman–Crippen MR) is 98.8 cm³/mol. The van der Waals surface area contributed by atoms with E-state index in [1.807, 2.05) is 4.90 Å². The third-order valence-corrected chi connectivity index (χ3v) is 5.96. The molecule has 0 bridgehead atoms. The summed E-state index contributed by atoms with van der Waals surface area (Å²) in [7, 11) is 0. The lowest BCUT2D eigenvalue weighted by molar-refractivity contribution is -0.136. The van der Waals surface area contributed by atoms with E-state index in [2.05, 4.69) is 27.8 Å². The van der Waals surface area contributed by atoms with Crippen LogP contribution in [0.3, 0.4) is 0 Å². The van der Waals surface area contributed by atoms with Gasteiger partial charge in [0.1, 0.15) is 0 Å². The second kappa shape index (κ2) is 8.55. The van der Waals surface area contributed by atoms with Gasteiger partial charge in [-0.05, 0) is 36.8 Å². The maximum Gasteiger partial charge on any atom is 0.223 e. The van der Waals surface area contributed by atoms with Crippen molar-refractivity contribution < 1.29 is 14.3 Å². The van der Waals surface area contributed by atoms with Crippen molar-refractivity contribution >= 4 is 5.91 Å². The minimum atomic E-state index is 0.292. The summed E-state index contributed by atoms with van der Waals surface area (Å²) in [4.78, 5) is 17.3. The number of nitrogens with zero attached hydrogens (tertiary/aromatic N) is 3. The van der Waals surface area contributed by atoms with Crippen LogP contribution in [0.25, 0.3) is 0 Å². The van der Waals surface area contributed by atoms with Gasteiger partial charge in [-0.25, -0.2) is 0 Å². The van der Waals surface area contributed by atoms with E-state index >= 15 is 0 Å². The monoisotopic (exact) mass is 361 g/mol. The first kappa shape index (κ1) is 18.0. The summed E-state index contributed by atoms with van der Waals surface area (Å²) in [6.07, 6.45) is 5.13. The summed E-state index contributed by atoms with van der Waals surface area (Å²) < 4.78 is 13.2. The summed E-state index contributed by atoms with van der Waals surface area (Å²) in [6.45, 7) is 8.70. The summed E-state index contributed by atoms with van der Waals surface area (Å²) in [6, 6.07) is 4.36. The molecule has 0 aliphatic carbocycles. The Kier molecular flexibility index (Phi) is 5.92. The Morgan fingerprint density at radius 2 is 1.81 bits per heavy atom. The molecule has 1 amide bonds. The van der Waals surface area contributed by atoms with E-state index in [-0.39, 0.29) is 0 Å². The van der Waals surface area contributed by atoms with Crippen LogP contribution in [-0.2, 0) is 27.4 Å². The Labute approximate surface area is 156 Å². The molecular formula is C20H31N3O3. The topological polar surface area (TPSA) is 46.9 Å². The zero-order valence-corrected chi connectivity index (χ0v) is 15.6. The van der Waals surface area contributed by atoms with E-state index in [1.54, 1.807) is 0 Å². The molecule has 144 valence electrons. The van der Waals surface area contributed by atoms with Crippen LogP contribution in [0.4, 0.5) is 0 Å². The zero-order chi connectivity index (χ0) is 17.8. The minimum absolute atomic E-state index is 0.292. The maximum absolute atomic E-state index is 12.8. The quantitative estimate of drug-likeness (QED) is 0.817. The lowest BCUT2D eigenvalue weighted by Gasteiger charge is -2.31. The van der Waals surface area contributed by atoms with Gasteiger partial charge in [-0.1, -0.05) is 0 Å². The van der Waals surface area contributed by atoms with Crippen LogP contribution in [0, 0.1) is 11.8 Å². The van der Waals surface area contributed by atoms with Gasteiger partial charge in [-0.2, -0.15) is 0 Å². The van der Waals surface area contributed by atoms with E-state index in [4.69, 9.17) is 9.47 Å². The smallest absolute Gasteiger partial charge is 0.223 e. The van der Waals surface area contributed by atoms with Crippen LogP contribution >= 0.6 is 0 Å². The van der Waals surface area contributed by atoms with Gasteiger partial charge in [0.2, 0.25) is 5.91 Å². The highest BCUT2D eigenvalue weighted by molar-refractivity contribution is 5.76. The Morgan fingerprint density at radius 3 is 2.62 bits per heavy atom. The van der Waals surface area contributed by atoms with Crippen LogP contribution in [0.5, 0.6) is 0 Å². The molecule has 6 heteroatoms. The number of hydrogen-bond acceptors (Lipinski definition) is 4. The highest BCUT2D eigenvalue weighted by Gasteiger charge is 2.27. The van der Waals surface area contributed by atoms with E-state index in [0.717, 1.165) is 71.2 Å². The number of carbonyl (C=O) groups is 1. The van der Waals surface area contributed by atoms with Gasteiger partial charge in [0.15, 0.2) is 0 Å². The molecule has 0 spiro atoms. The summed E-state index contributed by atoms with van der Waals surface area (Å²) in [5, 5.41) is 0. The van der Waals surface area contributed by atoms with Crippen molar-refractivity contribution in [1.82, 2.24) is 14.4 Å². The molecule has 1 aromatic rings. The molecule has 2 fully saturated rings. The van der Waals surface area contributed by atoms with E-state index in [0.29, 0.717) is 31.5 Å². The molecule has 26 heavy (non-hydrogen) atoms. The van der Waals surface area contributed by atoms with Gasteiger partial charge in [0, 0.05) is 70.8 Å². The first-order valence-corrected chi connectivity index (χ1v) is 10.1. The summed E-state index contributed by atoms with van der Waals surface area (Å²) in [5.41, 5.74) is 1.37. The van der Waals surface area contributed by atoms with E-state index in [1.165, 1.54) is 5.69 Å². The van der Waals surface area contributed by atoms with Crippen molar-refractivity contribution in [2.24, 2.45) is 11.8 Å². The Morgan fingerprint density at radius 1 is 1.04 bits per heavy atom. The number of hydrogen-bond donors (Lipinski definition) is 0. The van der Waals surface area contributed by atoms with Gasteiger partial charge in [-0.3, -0.25) is 9.69 Å². The molecule has 2 saturated heterocycles. The van der Waals surface area contributed by atoms with Crippen molar-refractivity contribution in [1.29, 1.82) is 0 Å². The molecule has 6 nitrogen and oxygen atoms in total. The standard InChI is InChI=1S/C20H31N3O3/c24-20(22-6-10-26-11-7-22)12-18-14-21(13-17-3-8-25-9-4-17)16-19-2-1-5-23(19)15-18/h1-2,5,17-18H,3-4,6-16H2/t18-/m0/s1. The highest BCUT2D eigenvalue weighted by Crippen LogP contribution is 2.24. The number of fused-ring (bicyclic) bond motifs is 1. The Balaban J connectivity index is 1.41. The van der Waals surface area contributed by atoms with E-state index in [9.17, 15) is 4.79 Å². The number of carbonyl (C=O) groups excluding carboxylic acids is 1. The van der Waals surface area contributed by atoms with Crippen LogP contribution in [0.2, 0.25) is 0 Å². The molecule has 3 aliphatic rings. The molecular weight excluding hydrogens is 330 g/mol. The first-order chi connectivity index (χ1) is 12.8. The second-order valence-corrected chi connectivity index (χ2v) is 7.97. The first-order valence-electron chi connectivity index (χ1n) is 10.1. The van der Waals surface area contributed by atoms with Crippen LogP contribution < -0.4 is 0 Å². The van der Waals surface area contributed by atoms with Gasteiger partial charge in [0.25, 0.3) is 0 Å². The third-order valence-electron chi connectivity index (χ3n) is 5.96. The minimum Gasteiger partial charge on any atom is -0.381 e. The van der Waals surface area contributed by atoms with E-state index < -0.39 is 0 Å². The number of ether oxygens (including phenoxy) is 2. The number of amides is 1. The summed E-state index contributed by atoms with van der Waals surface area (Å²) in [5.74, 6) is 1.39. The van der Waals surface area contributed by atoms with Gasteiger partial charge >= 0.3 is 0 Å². The zero-order valence-electron chi connectivity index (χ0n) is 15.6. The third kappa shape index (κ3) is 4.48. The van der Waals surface area contributed by atoms with Gasteiger partial charge < -0.3 is 18.9 Å². The molecule has 0 aromatic carbocycles.